The third kappa shape index (κ3) is 4.01. The SMILES string of the molecule is CCc1ccnc(-c2cnc(C3=CCC4(CC4)c4ccc(C(=O)C(C)CCO)cc43)c(C)c2)c1. The van der Waals surface area contributed by atoms with Crippen molar-refractivity contribution < 1.29 is 9.90 Å². The highest BCUT2D eigenvalue weighted by Crippen LogP contribution is 2.56. The predicted molar refractivity (Wildman–Crippen MR) is 136 cm³/mol. The largest absolute Gasteiger partial charge is 0.396 e. The molecule has 2 aromatic heterocycles. The number of aliphatic hydroxyl groups excluding tert-OH is 1. The van der Waals surface area contributed by atoms with Crippen LogP contribution in [0, 0.1) is 12.8 Å². The molecule has 4 heteroatoms. The van der Waals surface area contributed by atoms with Crippen molar-refractivity contribution in [2.75, 3.05) is 6.61 Å². The number of nitrogens with zero attached hydrogens (tertiary/aromatic N) is 2. The number of aryl methyl sites for hydroxylation is 2. The number of aromatic nitrogens is 2. The van der Waals surface area contributed by atoms with Gasteiger partial charge in [0.25, 0.3) is 0 Å². The molecule has 2 heterocycles. The maximum absolute atomic E-state index is 13.0. The summed E-state index contributed by atoms with van der Waals surface area (Å²) >= 11 is 0. The molecule has 2 aliphatic carbocycles. The molecule has 5 rings (SSSR count). The Morgan fingerprint density at radius 3 is 2.68 bits per heavy atom. The molecule has 174 valence electrons. The van der Waals surface area contributed by atoms with Crippen LogP contribution in [0.3, 0.4) is 0 Å². The van der Waals surface area contributed by atoms with Crippen LogP contribution in [0.5, 0.6) is 0 Å². The van der Waals surface area contributed by atoms with E-state index in [1.165, 1.54) is 24.0 Å². The van der Waals surface area contributed by atoms with Gasteiger partial charge in [-0.15, -0.1) is 0 Å². The number of hydrogen-bond acceptors (Lipinski definition) is 4. The first kappa shape index (κ1) is 22.7. The first-order valence-corrected chi connectivity index (χ1v) is 12.4. The molecule has 1 unspecified atom stereocenters. The van der Waals surface area contributed by atoms with E-state index in [9.17, 15) is 9.90 Å². The van der Waals surface area contributed by atoms with Crippen LogP contribution < -0.4 is 0 Å². The predicted octanol–water partition coefficient (Wildman–Crippen LogP) is 6.08. The molecule has 1 atom stereocenters. The van der Waals surface area contributed by atoms with Crippen molar-refractivity contribution in [2.45, 2.75) is 58.3 Å². The van der Waals surface area contributed by atoms with Crippen LogP contribution in [0.1, 0.15) is 77.8 Å². The number of aliphatic hydroxyl groups is 1. The Bertz CT molecular complexity index is 1290. The van der Waals surface area contributed by atoms with Crippen molar-refractivity contribution in [1.29, 1.82) is 0 Å². The Balaban J connectivity index is 1.54. The summed E-state index contributed by atoms with van der Waals surface area (Å²) in [6.45, 7) is 6.17. The topological polar surface area (TPSA) is 63.1 Å². The molecule has 3 aromatic rings. The minimum absolute atomic E-state index is 0.0254. The summed E-state index contributed by atoms with van der Waals surface area (Å²) in [5.74, 6) is -0.104. The van der Waals surface area contributed by atoms with Crippen LogP contribution in [0.15, 0.2) is 54.9 Å². The lowest BCUT2D eigenvalue weighted by atomic mass is 9.77. The molecule has 1 aromatic carbocycles. The maximum Gasteiger partial charge on any atom is 0.165 e. The molecule has 1 saturated carbocycles. The van der Waals surface area contributed by atoms with Gasteiger partial charge in [-0.3, -0.25) is 14.8 Å². The highest BCUT2D eigenvalue weighted by Gasteiger charge is 2.47. The highest BCUT2D eigenvalue weighted by molar-refractivity contribution is 5.99. The van der Waals surface area contributed by atoms with Gasteiger partial charge in [0.2, 0.25) is 0 Å². The van der Waals surface area contributed by atoms with E-state index in [1.54, 1.807) is 0 Å². The van der Waals surface area contributed by atoms with Gasteiger partial charge in [-0.05, 0) is 91.0 Å². The molecule has 0 aliphatic heterocycles. The smallest absolute Gasteiger partial charge is 0.165 e. The molecule has 0 saturated heterocycles. The zero-order valence-electron chi connectivity index (χ0n) is 20.3. The molecule has 34 heavy (non-hydrogen) atoms. The molecule has 0 radical (unpaired) electrons. The third-order valence-corrected chi connectivity index (χ3v) is 7.59. The van der Waals surface area contributed by atoms with Gasteiger partial charge in [0.15, 0.2) is 5.78 Å². The zero-order valence-corrected chi connectivity index (χ0v) is 20.3. The number of carbonyl (C=O) groups excluding carboxylic acids is 1. The number of Topliss-reactive ketones (excluding diaryl/α,β-unsaturated/α-hetero) is 1. The van der Waals surface area contributed by atoms with Crippen molar-refractivity contribution in [2.24, 2.45) is 5.92 Å². The number of ketones is 1. The highest BCUT2D eigenvalue weighted by atomic mass is 16.3. The van der Waals surface area contributed by atoms with E-state index < -0.39 is 0 Å². The lowest BCUT2D eigenvalue weighted by Gasteiger charge is -2.27. The normalized spacial score (nSPS) is 16.6. The summed E-state index contributed by atoms with van der Waals surface area (Å²) < 4.78 is 0. The van der Waals surface area contributed by atoms with Gasteiger partial charge < -0.3 is 5.11 Å². The Labute approximate surface area is 201 Å². The molecule has 1 fully saturated rings. The summed E-state index contributed by atoms with van der Waals surface area (Å²) in [5, 5.41) is 9.28. The van der Waals surface area contributed by atoms with Gasteiger partial charge in [0.1, 0.15) is 0 Å². The Hall–Kier alpha value is -3.11. The fraction of sp³-hybridized carbons (Fsp3) is 0.367. The molecule has 1 N–H and O–H groups in total. The van der Waals surface area contributed by atoms with E-state index in [2.05, 4.69) is 55.2 Å². The monoisotopic (exact) mass is 452 g/mol. The third-order valence-electron chi connectivity index (χ3n) is 7.59. The maximum atomic E-state index is 13.0. The van der Waals surface area contributed by atoms with Crippen molar-refractivity contribution in [3.8, 4) is 11.3 Å². The second-order valence-corrected chi connectivity index (χ2v) is 9.93. The number of fused-ring (bicyclic) bond motifs is 2. The van der Waals surface area contributed by atoms with Crippen LogP contribution in [0.25, 0.3) is 16.8 Å². The molecular weight excluding hydrogens is 420 g/mol. The van der Waals surface area contributed by atoms with Crippen LogP contribution >= 0.6 is 0 Å². The number of benzene rings is 1. The van der Waals surface area contributed by atoms with Gasteiger partial charge in [0, 0.05) is 41.6 Å². The van der Waals surface area contributed by atoms with Gasteiger partial charge in [-0.25, -0.2) is 0 Å². The van der Waals surface area contributed by atoms with Gasteiger partial charge in [0.05, 0.1) is 11.4 Å². The molecule has 4 nitrogen and oxygen atoms in total. The van der Waals surface area contributed by atoms with Crippen molar-refractivity contribution >= 4 is 11.4 Å². The summed E-state index contributed by atoms with van der Waals surface area (Å²) in [6, 6.07) is 12.6. The standard InChI is InChI=1S/C30H32N2O2/c1-4-21-8-13-31-27(16-21)23-15-20(3)28(32-18-23)24-7-10-30(11-12-30)26-6-5-22(17-25(24)26)29(34)19(2)9-14-33/h5-8,13,15-19,33H,4,9-12,14H2,1-3H3. The van der Waals surface area contributed by atoms with Gasteiger partial charge in [-0.1, -0.05) is 32.1 Å². The number of allylic oxidation sites excluding steroid dienone is 1. The second-order valence-electron chi connectivity index (χ2n) is 9.93. The summed E-state index contributed by atoms with van der Waals surface area (Å²) in [5.41, 5.74) is 9.87. The minimum Gasteiger partial charge on any atom is -0.396 e. The van der Waals surface area contributed by atoms with E-state index in [1.807, 2.05) is 25.4 Å². The van der Waals surface area contributed by atoms with E-state index in [0.29, 0.717) is 6.42 Å². The summed E-state index contributed by atoms with van der Waals surface area (Å²) in [6.07, 6.45) is 11.0. The lowest BCUT2D eigenvalue weighted by molar-refractivity contribution is 0.0908. The second kappa shape index (κ2) is 8.92. The number of rotatable bonds is 7. The van der Waals surface area contributed by atoms with E-state index in [4.69, 9.17) is 4.98 Å². The van der Waals surface area contributed by atoms with Crippen molar-refractivity contribution in [1.82, 2.24) is 9.97 Å². The quantitative estimate of drug-likeness (QED) is 0.441. The Morgan fingerprint density at radius 2 is 1.97 bits per heavy atom. The van der Waals surface area contributed by atoms with Crippen molar-refractivity contribution in [3.05, 3.63) is 88.4 Å². The van der Waals surface area contributed by atoms with Crippen LogP contribution in [0.4, 0.5) is 0 Å². The average Bonchev–Trinajstić information content (AvgIpc) is 3.64. The van der Waals surface area contributed by atoms with Crippen LogP contribution in [0.2, 0.25) is 0 Å². The van der Waals surface area contributed by atoms with Crippen LogP contribution in [-0.4, -0.2) is 27.5 Å². The molecule has 0 amide bonds. The van der Waals surface area contributed by atoms with E-state index in [-0.39, 0.29) is 23.7 Å². The van der Waals surface area contributed by atoms with Crippen LogP contribution in [-0.2, 0) is 11.8 Å². The Morgan fingerprint density at radius 1 is 1.15 bits per heavy atom. The first-order chi connectivity index (χ1) is 16.5. The van der Waals surface area contributed by atoms with E-state index in [0.717, 1.165) is 52.1 Å². The lowest BCUT2D eigenvalue weighted by Crippen LogP contribution is -2.18. The molecular formula is C30H32N2O2. The fourth-order valence-electron chi connectivity index (χ4n) is 5.21. The number of carbonyl (C=O) groups is 1. The van der Waals surface area contributed by atoms with Gasteiger partial charge in [-0.2, -0.15) is 0 Å². The van der Waals surface area contributed by atoms with E-state index >= 15 is 0 Å². The zero-order chi connectivity index (χ0) is 23.9. The van der Waals surface area contributed by atoms with Gasteiger partial charge >= 0.3 is 0 Å². The molecule has 1 spiro atoms. The summed E-state index contributed by atoms with van der Waals surface area (Å²) in [4.78, 5) is 22.5. The first-order valence-electron chi connectivity index (χ1n) is 12.4. The Kier molecular flexibility index (Phi) is 5.95. The molecule has 2 aliphatic rings. The number of hydrogen-bond donors (Lipinski definition) is 1. The average molecular weight is 453 g/mol. The van der Waals surface area contributed by atoms with Crippen molar-refractivity contribution in [3.63, 3.8) is 0 Å². The minimum atomic E-state index is -0.195. The number of pyridine rings is 2. The summed E-state index contributed by atoms with van der Waals surface area (Å²) in [7, 11) is 0. The molecule has 0 bridgehead atoms. The fourth-order valence-corrected chi connectivity index (χ4v) is 5.21.